The average molecular weight is 328 g/mol. The number of piperazine rings is 1. The minimum Gasteiger partial charge on any atom is -0.497 e. The van der Waals surface area contributed by atoms with Crippen molar-refractivity contribution in [2.24, 2.45) is 0 Å². The van der Waals surface area contributed by atoms with Crippen molar-refractivity contribution in [1.82, 2.24) is 4.90 Å². The first-order valence-electron chi connectivity index (χ1n) is 8.07. The molecule has 0 unspecified atom stereocenters. The number of carbonyl (C=O) groups is 1. The number of hydrogen-bond donors (Lipinski definition) is 0. The van der Waals surface area contributed by atoms with Crippen LogP contribution in [0, 0.1) is 5.82 Å². The summed E-state index contributed by atoms with van der Waals surface area (Å²) in [6.45, 7) is 2.76. The van der Waals surface area contributed by atoms with Crippen molar-refractivity contribution in [3.05, 3.63) is 59.9 Å². The second-order valence-corrected chi connectivity index (χ2v) is 5.87. The van der Waals surface area contributed by atoms with E-state index in [2.05, 4.69) is 4.90 Å². The number of benzene rings is 2. The third-order valence-electron chi connectivity index (χ3n) is 4.32. The van der Waals surface area contributed by atoms with E-state index < -0.39 is 0 Å². The number of hydrogen-bond acceptors (Lipinski definition) is 3. The van der Waals surface area contributed by atoms with Gasteiger partial charge in [-0.15, -0.1) is 0 Å². The Balaban J connectivity index is 1.54. The van der Waals surface area contributed by atoms with Gasteiger partial charge in [0.25, 0.3) is 0 Å². The van der Waals surface area contributed by atoms with Crippen molar-refractivity contribution in [3.8, 4) is 5.75 Å². The Morgan fingerprint density at radius 2 is 1.79 bits per heavy atom. The van der Waals surface area contributed by atoms with Crippen molar-refractivity contribution in [2.45, 2.75) is 6.42 Å². The van der Waals surface area contributed by atoms with Crippen molar-refractivity contribution in [2.75, 3.05) is 38.2 Å². The molecule has 1 amide bonds. The van der Waals surface area contributed by atoms with Crippen LogP contribution in [0.15, 0.2) is 48.5 Å². The molecule has 0 aromatic heterocycles. The second-order valence-electron chi connectivity index (χ2n) is 5.87. The van der Waals surface area contributed by atoms with Crippen LogP contribution in [0.3, 0.4) is 0 Å². The minimum absolute atomic E-state index is 0.124. The maximum absolute atomic E-state index is 13.3. The zero-order chi connectivity index (χ0) is 16.9. The number of ether oxygens (including phenoxy) is 1. The van der Waals surface area contributed by atoms with E-state index in [1.807, 2.05) is 35.2 Å². The summed E-state index contributed by atoms with van der Waals surface area (Å²) in [6.07, 6.45) is 0.393. The summed E-state index contributed by atoms with van der Waals surface area (Å²) in [5.74, 6) is 0.680. The lowest BCUT2D eigenvalue weighted by Gasteiger charge is -2.36. The van der Waals surface area contributed by atoms with Gasteiger partial charge in [0.1, 0.15) is 11.6 Å². The van der Waals surface area contributed by atoms with Crippen molar-refractivity contribution >= 4 is 11.6 Å². The molecule has 0 radical (unpaired) electrons. The van der Waals surface area contributed by atoms with Gasteiger partial charge in [-0.25, -0.2) is 4.39 Å². The van der Waals surface area contributed by atoms with Crippen LogP contribution in [0.2, 0.25) is 0 Å². The molecular formula is C19H21FN2O2. The predicted octanol–water partition coefficient (Wildman–Crippen LogP) is 2.73. The summed E-state index contributed by atoms with van der Waals surface area (Å²) in [7, 11) is 1.62. The quantitative estimate of drug-likeness (QED) is 0.865. The SMILES string of the molecule is COc1ccc(CC(=O)N2CCN(c3cccc(F)c3)CC2)cc1. The highest BCUT2D eigenvalue weighted by atomic mass is 19.1. The Hall–Kier alpha value is -2.56. The van der Waals surface area contributed by atoms with Gasteiger partial charge in [0.05, 0.1) is 13.5 Å². The lowest BCUT2D eigenvalue weighted by atomic mass is 10.1. The summed E-state index contributed by atoms with van der Waals surface area (Å²) in [4.78, 5) is 16.4. The lowest BCUT2D eigenvalue weighted by molar-refractivity contribution is -0.130. The van der Waals surface area contributed by atoms with Crippen LogP contribution in [0.4, 0.5) is 10.1 Å². The third-order valence-corrected chi connectivity index (χ3v) is 4.32. The molecule has 2 aromatic rings. The largest absolute Gasteiger partial charge is 0.497 e. The number of halogens is 1. The number of carbonyl (C=O) groups excluding carboxylic acids is 1. The topological polar surface area (TPSA) is 32.8 Å². The van der Waals surface area contributed by atoms with E-state index in [1.165, 1.54) is 12.1 Å². The van der Waals surface area contributed by atoms with Gasteiger partial charge in [0.15, 0.2) is 0 Å². The molecule has 24 heavy (non-hydrogen) atoms. The summed E-state index contributed by atoms with van der Waals surface area (Å²) in [5, 5.41) is 0. The van der Waals surface area contributed by atoms with Crippen LogP contribution >= 0.6 is 0 Å². The lowest BCUT2D eigenvalue weighted by Crippen LogP contribution is -2.49. The molecule has 126 valence electrons. The summed E-state index contributed by atoms with van der Waals surface area (Å²) >= 11 is 0. The molecular weight excluding hydrogens is 307 g/mol. The predicted molar refractivity (Wildman–Crippen MR) is 91.9 cm³/mol. The van der Waals surface area contributed by atoms with Crippen LogP contribution in [-0.2, 0) is 11.2 Å². The molecule has 0 saturated carbocycles. The first-order chi connectivity index (χ1) is 11.7. The van der Waals surface area contributed by atoms with Crippen molar-refractivity contribution in [3.63, 3.8) is 0 Å². The molecule has 1 fully saturated rings. The summed E-state index contributed by atoms with van der Waals surface area (Å²) in [6, 6.07) is 14.2. The van der Waals surface area contributed by atoms with Crippen LogP contribution in [0.5, 0.6) is 5.75 Å². The average Bonchev–Trinajstić information content (AvgIpc) is 2.62. The van der Waals surface area contributed by atoms with Gasteiger partial charge in [0, 0.05) is 31.9 Å². The van der Waals surface area contributed by atoms with Crippen LogP contribution in [-0.4, -0.2) is 44.1 Å². The van der Waals surface area contributed by atoms with E-state index >= 15 is 0 Å². The van der Waals surface area contributed by atoms with Crippen LogP contribution in [0.1, 0.15) is 5.56 Å². The standard InChI is InChI=1S/C19H21FN2O2/c1-24-18-7-5-15(6-8-18)13-19(23)22-11-9-21(10-12-22)17-4-2-3-16(20)14-17/h2-8,14H,9-13H2,1H3. The fourth-order valence-electron chi connectivity index (χ4n) is 2.92. The molecule has 4 nitrogen and oxygen atoms in total. The van der Waals surface area contributed by atoms with E-state index in [0.717, 1.165) is 30.1 Å². The maximum atomic E-state index is 13.3. The molecule has 3 rings (SSSR count). The van der Waals surface area contributed by atoms with Gasteiger partial charge < -0.3 is 14.5 Å². The zero-order valence-corrected chi connectivity index (χ0v) is 13.7. The number of anilines is 1. The number of rotatable bonds is 4. The van der Waals surface area contributed by atoms with E-state index in [0.29, 0.717) is 19.5 Å². The third kappa shape index (κ3) is 3.85. The van der Waals surface area contributed by atoms with Gasteiger partial charge in [0.2, 0.25) is 5.91 Å². The van der Waals surface area contributed by atoms with Crippen LogP contribution < -0.4 is 9.64 Å². The zero-order valence-electron chi connectivity index (χ0n) is 13.7. The fourth-order valence-corrected chi connectivity index (χ4v) is 2.92. The maximum Gasteiger partial charge on any atom is 0.227 e. The smallest absolute Gasteiger partial charge is 0.227 e. The molecule has 0 bridgehead atoms. The number of amides is 1. The van der Waals surface area contributed by atoms with Gasteiger partial charge >= 0.3 is 0 Å². The highest BCUT2D eigenvalue weighted by Crippen LogP contribution is 2.18. The minimum atomic E-state index is -0.231. The highest BCUT2D eigenvalue weighted by Gasteiger charge is 2.21. The monoisotopic (exact) mass is 328 g/mol. The van der Waals surface area contributed by atoms with Crippen LogP contribution in [0.25, 0.3) is 0 Å². The number of methoxy groups -OCH3 is 1. The summed E-state index contributed by atoms with van der Waals surface area (Å²) in [5.41, 5.74) is 1.85. The Morgan fingerprint density at radius 3 is 2.42 bits per heavy atom. The molecule has 0 spiro atoms. The summed E-state index contributed by atoms with van der Waals surface area (Å²) < 4.78 is 18.4. The number of nitrogens with zero attached hydrogens (tertiary/aromatic N) is 2. The molecule has 0 aliphatic carbocycles. The molecule has 5 heteroatoms. The Labute approximate surface area is 141 Å². The van der Waals surface area contributed by atoms with E-state index in [4.69, 9.17) is 4.74 Å². The van der Waals surface area contributed by atoms with Gasteiger partial charge in [-0.05, 0) is 35.9 Å². The Kier molecular flexibility index (Phi) is 4.99. The first kappa shape index (κ1) is 16.3. The van der Waals surface area contributed by atoms with E-state index in [-0.39, 0.29) is 11.7 Å². The van der Waals surface area contributed by atoms with Gasteiger partial charge in [-0.3, -0.25) is 4.79 Å². The molecule has 1 saturated heterocycles. The second kappa shape index (κ2) is 7.34. The normalized spacial score (nSPS) is 14.6. The first-order valence-corrected chi connectivity index (χ1v) is 8.07. The fraction of sp³-hybridized carbons (Fsp3) is 0.316. The molecule has 0 atom stereocenters. The van der Waals surface area contributed by atoms with Crippen molar-refractivity contribution < 1.29 is 13.9 Å². The van der Waals surface area contributed by atoms with E-state index in [1.54, 1.807) is 13.2 Å². The Bertz CT molecular complexity index is 695. The highest BCUT2D eigenvalue weighted by molar-refractivity contribution is 5.79. The molecule has 1 heterocycles. The Morgan fingerprint density at radius 1 is 1.08 bits per heavy atom. The molecule has 1 aliphatic heterocycles. The van der Waals surface area contributed by atoms with E-state index in [9.17, 15) is 9.18 Å². The molecule has 2 aromatic carbocycles. The van der Waals surface area contributed by atoms with Crippen molar-refractivity contribution in [1.29, 1.82) is 0 Å². The molecule has 1 aliphatic rings. The van der Waals surface area contributed by atoms with Gasteiger partial charge in [-0.2, -0.15) is 0 Å². The van der Waals surface area contributed by atoms with Gasteiger partial charge in [-0.1, -0.05) is 18.2 Å². The molecule has 0 N–H and O–H groups in total.